The molecular formula is C15H17NO2. The van der Waals surface area contributed by atoms with Crippen LogP contribution in [-0.2, 0) is 21.7 Å². The predicted molar refractivity (Wildman–Crippen MR) is 69.4 cm³/mol. The van der Waals surface area contributed by atoms with Crippen LogP contribution in [0.4, 0.5) is 0 Å². The summed E-state index contributed by atoms with van der Waals surface area (Å²) in [5.41, 5.74) is 3.81. The molecule has 2 aliphatic rings. The van der Waals surface area contributed by atoms with E-state index >= 15 is 0 Å². The first-order chi connectivity index (χ1) is 8.87. The topological polar surface area (TPSA) is 34.2 Å². The van der Waals surface area contributed by atoms with Crippen LogP contribution in [0, 0.1) is 0 Å². The Labute approximate surface area is 106 Å². The molecule has 1 fully saturated rings. The molecular weight excluding hydrogens is 226 g/mol. The fraction of sp³-hybridized carbons (Fsp3) is 0.467. The second-order valence-corrected chi connectivity index (χ2v) is 5.23. The largest absolute Gasteiger partial charge is 0.361 e. The van der Waals surface area contributed by atoms with Crippen LogP contribution < -0.4 is 0 Å². The van der Waals surface area contributed by atoms with Gasteiger partial charge in [-0.05, 0) is 48.4 Å². The Balaban J connectivity index is 1.95. The molecule has 1 aliphatic carbocycles. The highest BCUT2D eigenvalue weighted by Crippen LogP contribution is 2.42. The van der Waals surface area contributed by atoms with Crippen molar-refractivity contribution in [2.75, 3.05) is 13.2 Å². The van der Waals surface area contributed by atoms with Gasteiger partial charge in [-0.2, -0.15) is 0 Å². The summed E-state index contributed by atoms with van der Waals surface area (Å²) < 4.78 is 12.0. The fourth-order valence-electron chi connectivity index (χ4n) is 3.27. The molecule has 2 heterocycles. The summed E-state index contributed by atoms with van der Waals surface area (Å²) in [6.07, 6.45) is 6.49. The summed E-state index contributed by atoms with van der Waals surface area (Å²) in [7, 11) is 0. The number of rotatable bonds is 0. The number of benzene rings is 1. The minimum atomic E-state index is -0.467. The zero-order chi connectivity index (χ0) is 12.0. The fourth-order valence-corrected chi connectivity index (χ4v) is 3.27. The molecule has 1 aromatic carbocycles. The first-order valence-corrected chi connectivity index (χ1v) is 6.76. The molecule has 1 aromatic heterocycles. The molecule has 0 unspecified atom stereocenters. The summed E-state index contributed by atoms with van der Waals surface area (Å²) >= 11 is 0. The van der Waals surface area contributed by atoms with Crippen LogP contribution in [0.15, 0.2) is 24.4 Å². The zero-order valence-electron chi connectivity index (χ0n) is 10.4. The van der Waals surface area contributed by atoms with E-state index < -0.39 is 5.79 Å². The van der Waals surface area contributed by atoms with E-state index in [1.54, 1.807) is 0 Å². The van der Waals surface area contributed by atoms with Crippen molar-refractivity contribution in [2.24, 2.45) is 0 Å². The molecule has 2 aromatic rings. The van der Waals surface area contributed by atoms with Crippen LogP contribution in [0.1, 0.15) is 30.4 Å². The third-order valence-corrected chi connectivity index (χ3v) is 4.14. The zero-order valence-corrected chi connectivity index (χ0v) is 10.4. The van der Waals surface area contributed by atoms with Gasteiger partial charge < -0.3 is 14.5 Å². The van der Waals surface area contributed by atoms with E-state index in [4.69, 9.17) is 9.47 Å². The van der Waals surface area contributed by atoms with Crippen molar-refractivity contribution < 1.29 is 9.47 Å². The summed E-state index contributed by atoms with van der Waals surface area (Å²) in [6.45, 7) is 1.42. The highest BCUT2D eigenvalue weighted by atomic mass is 16.7. The van der Waals surface area contributed by atoms with Crippen LogP contribution in [0.3, 0.4) is 0 Å². The van der Waals surface area contributed by atoms with Crippen molar-refractivity contribution in [3.8, 4) is 0 Å². The minimum Gasteiger partial charge on any atom is -0.361 e. The standard InChI is InChI=1S/C15H17NO2/c1-2-5-15(17-7-8-18-15)13-10-14-12(4-6-16-14)9-11(13)3-1/h4,6,9-10,16H,1-3,5,7-8H2. The van der Waals surface area contributed by atoms with Crippen LogP contribution >= 0.6 is 0 Å². The molecule has 3 heteroatoms. The van der Waals surface area contributed by atoms with Crippen LogP contribution in [0.2, 0.25) is 0 Å². The number of H-pyrrole nitrogens is 1. The maximum absolute atomic E-state index is 5.98. The SMILES string of the molecule is c1cc2cc3c(cc2[nH]1)C1(CCCC3)OCCO1. The van der Waals surface area contributed by atoms with E-state index in [2.05, 4.69) is 23.2 Å². The van der Waals surface area contributed by atoms with Gasteiger partial charge in [0, 0.05) is 23.7 Å². The number of nitrogens with one attached hydrogen (secondary N) is 1. The van der Waals surface area contributed by atoms with E-state index in [9.17, 15) is 0 Å². The van der Waals surface area contributed by atoms with E-state index in [1.807, 2.05) is 6.20 Å². The summed E-state index contributed by atoms with van der Waals surface area (Å²) in [6, 6.07) is 6.64. The smallest absolute Gasteiger partial charge is 0.195 e. The van der Waals surface area contributed by atoms with E-state index in [0.717, 1.165) is 12.8 Å². The first-order valence-electron chi connectivity index (χ1n) is 6.76. The van der Waals surface area contributed by atoms with Gasteiger partial charge >= 0.3 is 0 Å². The third kappa shape index (κ3) is 1.44. The molecule has 3 nitrogen and oxygen atoms in total. The number of ether oxygens (including phenoxy) is 2. The average molecular weight is 243 g/mol. The van der Waals surface area contributed by atoms with Gasteiger partial charge in [0.25, 0.3) is 0 Å². The quantitative estimate of drug-likeness (QED) is 0.771. The van der Waals surface area contributed by atoms with Gasteiger partial charge in [-0.1, -0.05) is 0 Å². The number of hydrogen-bond acceptors (Lipinski definition) is 2. The Morgan fingerprint density at radius 3 is 2.89 bits per heavy atom. The molecule has 1 aliphatic heterocycles. The normalized spacial score (nSPS) is 22.2. The molecule has 1 spiro atoms. The van der Waals surface area contributed by atoms with Crippen LogP contribution in [0.25, 0.3) is 10.9 Å². The first kappa shape index (κ1) is 10.6. The monoisotopic (exact) mass is 243 g/mol. The second-order valence-electron chi connectivity index (χ2n) is 5.23. The molecule has 0 saturated carbocycles. The van der Waals surface area contributed by atoms with Crippen molar-refractivity contribution >= 4 is 10.9 Å². The Hall–Kier alpha value is -1.32. The van der Waals surface area contributed by atoms with Gasteiger partial charge in [-0.3, -0.25) is 0 Å². The van der Waals surface area contributed by atoms with Crippen molar-refractivity contribution in [3.63, 3.8) is 0 Å². The summed E-state index contributed by atoms with van der Waals surface area (Å²) in [5, 5.41) is 1.28. The number of aryl methyl sites for hydroxylation is 1. The van der Waals surface area contributed by atoms with Gasteiger partial charge in [0.15, 0.2) is 5.79 Å². The molecule has 1 saturated heterocycles. The molecule has 0 atom stereocenters. The van der Waals surface area contributed by atoms with Crippen molar-refractivity contribution in [3.05, 3.63) is 35.5 Å². The van der Waals surface area contributed by atoms with Gasteiger partial charge in [-0.15, -0.1) is 0 Å². The lowest BCUT2D eigenvalue weighted by atomic mass is 9.96. The summed E-state index contributed by atoms with van der Waals surface area (Å²) in [5.74, 6) is -0.467. The molecule has 4 rings (SSSR count). The van der Waals surface area contributed by atoms with Crippen LogP contribution in [0.5, 0.6) is 0 Å². The second kappa shape index (κ2) is 3.84. The molecule has 1 N–H and O–H groups in total. The highest BCUT2D eigenvalue weighted by molar-refractivity contribution is 5.81. The van der Waals surface area contributed by atoms with Crippen molar-refractivity contribution in [2.45, 2.75) is 31.5 Å². The molecule has 0 amide bonds. The van der Waals surface area contributed by atoms with Crippen molar-refractivity contribution in [1.82, 2.24) is 4.98 Å². The lowest BCUT2D eigenvalue weighted by Crippen LogP contribution is -2.27. The number of aromatic nitrogens is 1. The van der Waals surface area contributed by atoms with E-state index in [0.29, 0.717) is 13.2 Å². The molecule has 18 heavy (non-hydrogen) atoms. The Bertz CT molecular complexity index is 581. The molecule has 0 bridgehead atoms. The Kier molecular flexibility index (Phi) is 2.26. The van der Waals surface area contributed by atoms with Crippen LogP contribution in [-0.4, -0.2) is 18.2 Å². The maximum Gasteiger partial charge on any atom is 0.195 e. The van der Waals surface area contributed by atoms with E-state index in [1.165, 1.54) is 34.9 Å². The van der Waals surface area contributed by atoms with Crippen molar-refractivity contribution in [1.29, 1.82) is 0 Å². The van der Waals surface area contributed by atoms with Gasteiger partial charge in [0.05, 0.1) is 13.2 Å². The number of fused-ring (bicyclic) bond motifs is 3. The lowest BCUT2D eigenvalue weighted by Gasteiger charge is -2.28. The Morgan fingerprint density at radius 1 is 1.11 bits per heavy atom. The maximum atomic E-state index is 5.98. The minimum absolute atomic E-state index is 0.467. The van der Waals surface area contributed by atoms with E-state index in [-0.39, 0.29) is 0 Å². The third-order valence-electron chi connectivity index (χ3n) is 4.14. The Morgan fingerprint density at radius 2 is 2.00 bits per heavy atom. The average Bonchev–Trinajstić information content (AvgIpc) is 2.98. The number of hydrogen-bond donors (Lipinski definition) is 1. The lowest BCUT2D eigenvalue weighted by molar-refractivity contribution is -0.170. The van der Waals surface area contributed by atoms with Gasteiger partial charge in [0.2, 0.25) is 0 Å². The summed E-state index contributed by atoms with van der Waals surface area (Å²) in [4.78, 5) is 3.29. The highest BCUT2D eigenvalue weighted by Gasteiger charge is 2.41. The number of aromatic amines is 1. The van der Waals surface area contributed by atoms with Gasteiger partial charge in [0.1, 0.15) is 0 Å². The van der Waals surface area contributed by atoms with Gasteiger partial charge in [-0.25, -0.2) is 0 Å². The molecule has 94 valence electrons. The predicted octanol–water partition coefficient (Wildman–Crippen LogP) is 3.09. The molecule has 0 radical (unpaired) electrons.